The average molecular weight is 288 g/mol. The van der Waals surface area contributed by atoms with Crippen LogP contribution in [-0.2, 0) is 4.79 Å². The van der Waals surface area contributed by atoms with E-state index in [1.54, 1.807) is 19.3 Å². The van der Waals surface area contributed by atoms with Gasteiger partial charge < -0.3 is 16.0 Å². The lowest BCUT2D eigenvalue weighted by molar-refractivity contribution is -0.122. The van der Waals surface area contributed by atoms with Crippen LogP contribution in [0, 0.1) is 11.8 Å². The molecule has 0 aliphatic heterocycles. The summed E-state index contributed by atoms with van der Waals surface area (Å²) >= 11 is 0. The predicted octanol–water partition coefficient (Wildman–Crippen LogP) is -0.0116. The van der Waals surface area contributed by atoms with Crippen LogP contribution < -0.4 is 11.1 Å². The van der Waals surface area contributed by atoms with Crippen molar-refractivity contribution in [3.05, 3.63) is 29.6 Å². The van der Waals surface area contributed by atoms with E-state index in [0.29, 0.717) is 11.1 Å². The number of aromatic nitrogens is 1. The number of carbonyl (C=O) groups excluding carboxylic acids is 2. The fourth-order valence-corrected chi connectivity index (χ4v) is 1.65. The Hall–Kier alpha value is -2.39. The number of hydrogen-bond acceptors (Lipinski definition) is 4. The van der Waals surface area contributed by atoms with Crippen molar-refractivity contribution in [2.24, 2.45) is 5.73 Å². The highest BCUT2D eigenvalue weighted by Gasteiger charge is 2.15. The van der Waals surface area contributed by atoms with Crippen molar-refractivity contribution < 1.29 is 9.59 Å². The number of nitrogens with zero attached hydrogens (tertiary/aromatic N) is 2. The van der Waals surface area contributed by atoms with Gasteiger partial charge in [-0.15, -0.1) is 0 Å². The number of hydrogen-bond donors (Lipinski definition) is 2. The molecular weight excluding hydrogens is 268 g/mol. The SMILES string of the molecule is CC(C)NC(=O)CN(C)C(=O)c1cncc(C#CCN)c1. The van der Waals surface area contributed by atoms with Crippen LogP contribution in [0.4, 0.5) is 0 Å². The highest BCUT2D eigenvalue weighted by molar-refractivity contribution is 5.96. The zero-order chi connectivity index (χ0) is 15.8. The van der Waals surface area contributed by atoms with Crippen LogP contribution in [0.2, 0.25) is 0 Å². The number of nitrogens with two attached hydrogens (primary N) is 1. The maximum atomic E-state index is 12.2. The topological polar surface area (TPSA) is 88.3 Å². The summed E-state index contributed by atoms with van der Waals surface area (Å²) in [5.74, 6) is 5.04. The zero-order valence-electron chi connectivity index (χ0n) is 12.5. The Bertz CT molecular complexity index is 573. The molecule has 0 saturated carbocycles. The molecule has 1 heterocycles. The first kappa shape index (κ1) is 16.7. The van der Waals surface area contributed by atoms with E-state index >= 15 is 0 Å². The minimum absolute atomic E-state index is 0.00425. The van der Waals surface area contributed by atoms with Crippen LogP contribution in [-0.4, -0.2) is 47.9 Å². The van der Waals surface area contributed by atoms with Gasteiger partial charge in [0.05, 0.1) is 18.7 Å². The maximum absolute atomic E-state index is 12.2. The molecule has 0 fully saturated rings. The molecule has 1 aromatic rings. The summed E-state index contributed by atoms with van der Waals surface area (Å²) in [4.78, 5) is 29.2. The van der Waals surface area contributed by atoms with Crippen molar-refractivity contribution in [1.82, 2.24) is 15.2 Å². The summed E-state index contributed by atoms with van der Waals surface area (Å²) < 4.78 is 0. The molecule has 0 unspecified atom stereocenters. The lowest BCUT2D eigenvalue weighted by Gasteiger charge is -2.17. The van der Waals surface area contributed by atoms with Gasteiger partial charge in [0, 0.05) is 31.0 Å². The molecule has 6 nitrogen and oxygen atoms in total. The van der Waals surface area contributed by atoms with E-state index in [-0.39, 0.29) is 30.9 Å². The summed E-state index contributed by atoms with van der Waals surface area (Å²) in [5, 5.41) is 2.73. The third kappa shape index (κ3) is 5.63. The number of carbonyl (C=O) groups is 2. The van der Waals surface area contributed by atoms with Gasteiger partial charge in [-0.05, 0) is 19.9 Å². The van der Waals surface area contributed by atoms with Gasteiger partial charge in [0.1, 0.15) is 0 Å². The lowest BCUT2D eigenvalue weighted by atomic mass is 10.2. The van der Waals surface area contributed by atoms with Gasteiger partial charge in [-0.1, -0.05) is 11.8 Å². The molecule has 0 aromatic carbocycles. The van der Waals surface area contributed by atoms with Crippen LogP contribution in [0.5, 0.6) is 0 Å². The largest absolute Gasteiger partial charge is 0.352 e. The lowest BCUT2D eigenvalue weighted by Crippen LogP contribution is -2.40. The molecule has 0 bridgehead atoms. The second-order valence-electron chi connectivity index (χ2n) is 4.85. The van der Waals surface area contributed by atoms with Crippen LogP contribution in [0.3, 0.4) is 0 Å². The van der Waals surface area contributed by atoms with Gasteiger partial charge in [0.2, 0.25) is 5.91 Å². The highest BCUT2D eigenvalue weighted by atomic mass is 16.2. The second kappa shape index (κ2) is 8.02. The van der Waals surface area contributed by atoms with E-state index in [1.165, 1.54) is 11.1 Å². The highest BCUT2D eigenvalue weighted by Crippen LogP contribution is 2.05. The molecule has 6 heteroatoms. The quantitative estimate of drug-likeness (QED) is 0.763. The standard InChI is InChI=1S/C15H20N4O2/c1-11(2)18-14(20)10-19(3)15(21)13-7-12(5-4-6-16)8-17-9-13/h7-9,11H,6,10,16H2,1-3H3,(H,18,20). The Morgan fingerprint density at radius 2 is 2.14 bits per heavy atom. The van der Waals surface area contributed by atoms with Gasteiger partial charge in [-0.2, -0.15) is 0 Å². The number of amides is 2. The second-order valence-corrected chi connectivity index (χ2v) is 4.85. The monoisotopic (exact) mass is 288 g/mol. The van der Waals surface area contributed by atoms with E-state index in [4.69, 9.17) is 5.73 Å². The zero-order valence-corrected chi connectivity index (χ0v) is 12.5. The number of nitrogens with one attached hydrogen (secondary N) is 1. The van der Waals surface area contributed by atoms with E-state index in [9.17, 15) is 9.59 Å². The molecule has 2 amide bonds. The summed E-state index contributed by atoms with van der Waals surface area (Å²) in [6.07, 6.45) is 3.01. The first-order valence-corrected chi connectivity index (χ1v) is 6.63. The first-order chi connectivity index (χ1) is 9.93. The Morgan fingerprint density at radius 1 is 1.43 bits per heavy atom. The van der Waals surface area contributed by atoms with Gasteiger partial charge in [0.15, 0.2) is 0 Å². The molecule has 112 valence electrons. The smallest absolute Gasteiger partial charge is 0.255 e. The van der Waals surface area contributed by atoms with Crippen LogP contribution >= 0.6 is 0 Å². The van der Waals surface area contributed by atoms with Crippen LogP contribution in [0.25, 0.3) is 0 Å². The Labute approximate surface area is 124 Å². The summed E-state index contributed by atoms with van der Waals surface area (Å²) in [6, 6.07) is 1.67. The van der Waals surface area contributed by atoms with Crippen LogP contribution in [0.1, 0.15) is 29.8 Å². The van der Waals surface area contributed by atoms with Crippen molar-refractivity contribution in [2.45, 2.75) is 19.9 Å². The van der Waals surface area contributed by atoms with Gasteiger partial charge >= 0.3 is 0 Å². The van der Waals surface area contributed by atoms with E-state index in [0.717, 1.165) is 0 Å². The average Bonchev–Trinajstić information content (AvgIpc) is 2.43. The van der Waals surface area contributed by atoms with Crippen molar-refractivity contribution in [3.63, 3.8) is 0 Å². The molecule has 0 spiro atoms. The normalized spacial score (nSPS) is 9.76. The first-order valence-electron chi connectivity index (χ1n) is 6.63. The van der Waals surface area contributed by atoms with Gasteiger partial charge in [0.25, 0.3) is 5.91 Å². The maximum Gasteiger partial charge on any atom is 0.255 e. The minimum Gasteiger partial charge on any atom is -0.352 e. The molecule has 21 heavy (non-hydrogen) atoms. The molecule has 0 saturated heterocycles. The van der Waals surface area contributed by atoms with Crippen molar-refractivity contribution in [2.75, 3.05) is 20.1 Å². The molecular formula is C15H20N4O2. The van der Waals surface area contributed by atoms with E-state index in [1.807, 2.05) is 13.8 Å². The molecule has 1 rings (SSSR count). The molecule has 0 radical (unpaired) electrons. The summed E-state index contributed by atoms with van der Waals surface area (Å²) in [5.41, 5.74) is 6.31. The van der Waals surface area contributed by atoms with Crippen molar-refractivity contribution in [3.8, 4) is 11.8 Å². The molecule has 1 aromatic heterocycles. The third-order valence-corrected chi connectivity index (χ3v) is 2.50. The van der Waals surface area contributed by atoms with E-state index < -0.39 is 0 Å². The number of rotatable bonds is 4. The summed E-state index contributed by atoms with van der Waals surface area (Å²) in [6.45, 7) is 3.97. The predicted molar refractivity (Wildman–Crippen MR) is 80.4 cm³/mol. The Kier molecular flexibility index (Phi) is 6.37. The summed E-state index contributed by atoms with van der Waals surface area (Å²) in [7, 11) is 1.57. The minimum atomic E-state index is -0.280. The van der Waals surface area contributed by atoms with E-state index in [2.05, 4.69) is 22.1 Å². The number of likely N-dealkylation sites (N-methyl/N-ethyl adjacent to an activating group) is 1. The Morgan fingerprint density at radius 3 is 2.76 bits per heavy atom. The van der Waals surface area contributed by atoms with Gasteiger partial charge in [-0.3, -0.25) is 14.6 Å². The van der Waals surface area contributed by atoms with Crippen molar-refractivity contribution >= 4 is 11.8 Å². The molecule has 0 atom stereocenters. The Balaban J connectivity index is 2.76. The fourth-order valence-electron chi connectivity index (χ4n) is 1.65. The van der Waals surface area contributed by atoms with Crippen molar-refractivity contribution in [1.29, 1.82) is 0 Å². The van der Waals surface area contributed by atoms with Gasteiger partial charge in [-0.25, -0.2) is 0 Å². The fraction of sp³-hybridized carbons (Fsp3) is 0.400. The molecule has 0 aliphatic carbocycles. The third-order valence-electron chi connectivity index (χ3n) is 2.50. The molecule has 0 aliphatic rings. The number of pyridine rings is 1. The van der Waals surface area contributed by atoms with Crippen LogP contribution in [0.15, 0.2) is 18.5 Å². The molecule has 3 N–H and O–H groups in total.